The Morgan fingerprint density at radius 3 is 2.90 bits per heavy atom. The number of hydrogen-bond acceptors (Lipinski definition) is 5. The van der Waals surface area contributed by atoms with Crippen LogP contribution >= 0.6 is 0 Å². The number of nitrogens with one attached hydrogen (secondary N) is 1. The minimum absolute atomic E-state index is 0.324. The molecular formula is C15H21N3O2. The zero-order valence-electron chi connectivity index (χ0n) is 12.2. The monoisotopic (exact) mass is 275 g/mol. The number of nitrogens with zero attached hydrogens (tertiary/aromatic N) is 2. The Morgan fingerprint density at radius 2 is 2.20 bits per heavy atom. The van der Waals surface area contributed by atoms with Crippen LogP contribution in [0.5, 0.6) is 5.75 Å². The third kappa shape index (κ3) is 4.35. The molecule has 0 fully saturated rings. The standard InChI is InChI=1S/C15H21N3O2/c1-4-15-17-14(18-20-15)10-19-13-7-5-6-12(8-13)9-16-11(2)3/h5-8,11,16H,4,9-10H2,1-3H3. The van der Waals surface area contributed by atoms with E-state index in [0.717, 1.165) is 18.7 Å². The molecule has 0 aliphatic rings. The highest BCUT2D eigenvalue weighted by atomic mass is 16.5. The zero-order chi connectivity index (χ0) is 14.4. The van der Waals surface area contributed by atoms with Crippen LogP contribution in [0.15, 0.2) is 28.8 Å². The van der Waals surface area contributed by atoms with Crippen LogP contribution < -0.4 is 10.1 Å². The van der Waals surface area contributed by atoms with E-state index in [1.165, 1.54) is 5.56 Å². The highest BCUT2D eigenvalue weighted by Crippen LogP contribution is 2.14. The normalized spacial score (nSPS) is 11.0. The fraction of sp³-hybridized carbons (Fsp3) is 0.467. The van der Waals surface area contributed by atoms with Crippen LogP contribution in [-0.4, -0.2) is 16.2 Å². The smallest absolute Gasteiger partial charge is 0.226 e. The lowest BCUT2D eigenvalue weighted by Crippen LogP contribution is -2.21. The first-order valence-electron chi connectivity index (χ1n) is 6.94. The SMILES string of the molecule is CCc1nc(COc2cccc(CNC(C)C)c2)no1. The Morgan fingerprint density at radius 1 is 1.35 bits per heavy atom. The molecule has 0 radical (unpaired) electrons. The molecule has 0 saturated heterocycles. The first-order chi connectivity index (χ1) is 9.67. The van der Waals surface area contributed by atoms with Gasteiger partial charge in [-0.25, -0.2) is 0 Å². The summed E-state index contributed by atoms with van der Waals surface area (Å²) in [5, 5.41) is 7.24. The molecule has 20 heavy (non-hydrogen) atoms. The van der Waals surface area contributed by atoms with Crippen LogP contribution in [0.25, 0.3) is 0 Å². The average molecular weight is 275 g/mol. The predicted octanol–water partition coefficient (Wildman–Crippen LogP) is 2.71. The maximum atomic E-state index is 5.68. The molecule has 0 unspecified atom stereocenters. The van der Waals surface area contributed by atoms with Crippen molar-refractivity contribution in [3.63, 3.8) is 0 Å². The number of rotatable bonds is 7. The van der Waals surface area contributed by atoms with Gasteiger partial charge in [-0.05, 0) is 17.7 Å². The topological polar surface area (TPSA) is 60.2 Å². The van der Waals surface area contributed by atoms with Gasteiger partial charge in [0.05, 0.1) is 0 Å². The van der Waals surface area contributed by atoms with E-state index in [9.17, 15) is 0 Å². The van der Waals surface area contributed by atoms with Gasteiger partial charge in [0.2, 0.25) is 11.7 Å². The molecule has 108 valence electrons. The summed E-state index contributed by atoms with van der Waals surface area (Å²) in [6, 6.07) is 8.48. The molecular weight excluding hydrogens is 254 g/mol. The van der Waals surface area contributed by atoms with Crippen LogP contribution in [0.3, 0.4) is 0 Å². The van der Waals surface area contributed by atoms with Crippen molar-refractivity contribution in [2.45, 2.75) is 46.4 Å². The molecule has 1 heterocycles. The van der Waals surface area contributed by atoms with Crippen LogP contribution in [-0.2, 0) is 19.6 Å². The Labute approximate surface area is 119 Å². The number of benzene rings is 1. The van der Waals surface area contributed by atoms with Crippen molar-refractivity contribution in [3.8, 4) is 5.75 Å². The first-order valence-corrected chi connectivity index (χ1v) is 6.94. The van der Waals surface area contributed by atoms with E-state index >= 15 is 0 Å². The van der Waals surface area contributed by atoms with E-state index in [1.54, 1.807) is 0 Å². The lowest BCUT2D eigenvalue weighted by Gasteiger charge is -2.09. The summed E-state index contributed by atoms with van der Waals surface area (Å²) in [5.74, 6) is 2.03. The van der Waals surface area contributed by atoms with Gasteiger partial charge in [-0.15, -0.1) is 0 Å². The van der Waals surface area contributed by atoms with Crippen LogP contribution in [0.2, 0.25) is 0 Å². The molecule has 0 atom stereocenters. The maximum Gasteiger partial charge on any atom is 0.226 e. The molecule has 0 aliphatic carbocycles. The van der Waals surface area contributed by atoms with Gasteiger partial charge in [0.15, 0.2) is 6.61 Å². The van der Waals surface area contributed by atoms with Gasteiger partial charge in [-0.1, -0.05) is 38.1 Å². The van der Waals surface area contributed by atoms with Gasteiger partial charge in [0.25, 0.3) is 0 Å². The lowest BCUT2D eigenvalue weighted by atomic mass is 10.2. The van der Waals surface area contributed by atoms with E-state index in [-0.39, 0.29) is 0 Å². The van der Waals surface area contributed by atoms with Crippen molar-refractivity contribution in [1.82, 2.24) is 15.5 Å². The minimum atomic E-state index is 0.324. The van der Waals surface area contributed by atoms with Crippen LogP contribution in [0.1, 0.15) is 38.0 Å². The number of aromatic nitrogens is 2. The van der Waals surface area contributed by atoms with Crippen molar-refractivity contribution in [1.29, 1.82) is 0 Å². The van der Waals surface area contributed by atoms with Crippen molar-refractivity contribution in [2.24, 2.45) is 0 Å². The quantitative estimate of drug-likeness (QED) is 0.842. The maximum absolute atomic E-state index is 5.68. The molecule has 0 bridgehead atoms. The second-order valence-corrected chi connectivity index (χ2v) is 4.93. The van der Waals surface area contributed by atoms with E-state index in [1.807, 2.05) is 25.1 Å². The summed E-state index contributed by atoms with van der Waals surface area (Å²) in [7, 11) is 0. The van der Waals surface area contributed by atoms with Crippen LogP contribution in [0, 0.1) is 0 Å². The molecule has 1 aromatic carbocycles. The lowest BCUT2D eigenvalue weighted by molar-refractivity contribution is 0.285. The van der Waals surface area contributed by atoms with Crippen LogP contribution in [0.4, 0.5) is 0 Å². The van der Waals surface area contributed by atoms with Gasteiger partial charge in [0, 0.05) is 19.0 Å². The highest BCUT2D eigenvalue weighted by molar-refractivity contribution is 5.28. The molecule has 1 N–H and O–H groups in total. The summed E-state index contributed by atoms with van der Waals surface area (Å²) >= 11 is 0. The van der Waals surface area contributed by atoms with E-state index in [2.05, 4.69) is 35.4 Å². The van der Waals surface area contributed by atoms with E-state index in [0.29, 0.717) is 24.4 Å². The summed E-state index contributed by atoms with van der Waals surface area (Å²) in [6.07, 6.45) is 0.739. The van der Waals surface area contributed by atoms with Crippen molar-refractivity contribution < 1.29 is 9.26 Å². The largest absolute Gasteiger partial charge is 0.485 e. The Kier molecular flexibility index (Phi) is 5.12. The molecule has 5 nitrogen and oxygen atoms in total. The molecule has 1 aromatic heterocycles. The number of aryl methyl sites for hydroxylation is 1. The third-order valence-corrected chi connectivity index (χ3v) is 2.79. The second kappa shape index (κ2) is 7.05. The van der Waals surface area contributed by atoms with Crippen molar-refractivity contribution in [2.75, 3.05) is 0 Å². The average Bonchev–Trinajstić information content (AvgIpc) is 2.91. The van der Waals surface area contributed by atoms with Gasteiger partial charge in [-0.3, -0.25) is 0 Å². The molecule has 2 aromatic rings. The molecule has 0 aliphatic heterocycles. The summed E-state index contributed by atoms with van der Waals surface area (Å²) < 4.78 is 10.7. The zero-order valence-corrected chi connectivity index (χ0v) is 12.2. The van der Waals surface area contributed by atoms with Gasteiger partial charge >= 0.3 is 0 Å². The second-order valence-electron chi connectivity index (χ2n) is 4.93. The van der Waals surface area contributed by atoms with Crippen molar-refractivity contribution in [3.05, 3.63) is 41.5 Å². The molecule has 0 amide bonds. The summed E-state index contributed by atoms with van der Waals surface area (Å²) in [6.45, 7) is 7.38. The van der Waals surface area contributed by atoms with Gasteiger partial charge < -0.3 is 14.6 Å². The first kappa shape index (κ1) is 14.5. The molecule has 0 spiro atoms. The Hall–Kier alpha value is -1.88. The third-order valence-electron chi connectivity index (χ3n) is 2.79. The molecule has 5 heteroatoms. The predicted molar refractivity (Wildman–Crippen MR) is 76.4 cm³/mol. The summed E-state index contributed by atoms with van der Waals surface area (Å²) in [4.78, 5) is 4.21. The van der Waals surface area contributed by atoms with Gasteiger partial charge in [-0.2, -0.15) is 4.98 Å². The van der Waals surface area contributed by atoms with Gasteiger partial charge in [0.1, 0.15) is 5.75 Å². The number of ether oxygens (including phenoxy) is 1. The number of hydrogen-bond donors (Lipinski definition) is 1. The molecule has 2 rings (SSSR count). The minimum Gasteiger partial charge on any atom is -0.485 e. The fourth-order valence-electron chi connectivity index (χ4n) is 1.71. The van der Waals surface area contributed by atoms with Crippen molar-refractivity contribution >= 4 is 0 Å². The van der Waals surface area contributed by atoms with E-state index in [4.69, 9.17) is 9.26 Å². The highest BCUT2D eigenvalue weighted by Gasteiger charge is 2.05. The Balaban J connectivity index is 1.90. The Bertz CT molecular complexity index is 537. The summed E-state index contributed by atoms with van der Waals surface area (Å²) in [5.41, 5.74) is 1.19. The molecule has 0 saturated carbocycles. The fourth-order valence-corrected chi connectivity index (χ4v) is 1.71. The van der Waals surface area contributed by atoms with E-state index < -0.39 is 0 Å².